The molecule has 3 rings (SSSR count). The predicted molar refractivity (Wildman–Crippen MR) is 115 cm³/mol. The van der Waals surface area contributed by atoms with Crippen LogP contribution in [0.15, 0.2) is 78.9 Å². The van der Waals surface area contributed by atoms with Gasteiger partial charge in [0, 0.05) is 0 Å². The number of ether oxygens (including phenoxy) is 2. The van der Waals surface area contributed by atoms with Gasteiger partial charge in [-0.1, -0.05) is 42.5 Å². The van der Waals surface area contributed by atoms with Gasteiger partial charge < -0.3 is 20.1 Å². The molecule has 0 saturated heterocycles. The number of nitrogens with one attached hydrogen (secondary N) is 2. The summed E-state index contributed by atoms with van der Waals surface area (Å²) in [7, 11) is 0. The second kappa shape index (κ2) is 11.0. The number of rotatable bonds is 8. The van der Waals surface area contributed by atoms with E-state index in [1.54, 1.807) is 66.7 Å². The Hall–Kier alpha value is -4.53. The summed E-state index contributed by atoms with van der Waals surface area (Å²) in [5.74, 6) is -2.15. The van der Waals surface area contributed by atoms with Gasteiger partial charge in [-0.25, -0.2) is 14.6 Å². The molecule has 1 aromatic heterocycles. The number of carbonyl (C=O) groups is 4. The molecule has 0 atom stereocenters. The van der Waals surface area contributed by atoms with Crippen molar-refractivity contribution in [3.63, 3.8) is 0 Å². The first kappa shape index (κ1) is 22.2. The van der Waals surface area contributed by atoms with E-state index in [1.807, 2.05) is 0 Å². The first-order valence-corrected chi connectivity index (χ1v) is 9.52. The Labute approximate surface area is 183 Å². The van der Waals surface area contributed by atoms with E-state index in [1.165, 1.54) is 12.1 Å². The Balaban J connectivity index is 1.46. The summed E-state index contributed by atoms with van der Waals surface area (Å²) < 4.78 is 9.90. The molecule has 0 unspecified atom stereocenters. The molecule has 32 heavy (non-hydrogen) atoms. The highest BCUT2D eigenvalue weighted by molar-refractivity contribution is 5.96. The molecule has 0 aliphatic heterocycles. The van der Waals surface area contributed by atoms with Crippen molar-refractivity contribution in [2.75, 3.05) is 23.8 Å². The summed E-state index contributed by atoms with van der Waals surface area (Å²) in [6.07, 6.45) is 0. The highest BCUT2D eigenvalue weighted by Crippen LogP contribution is 2.10. The molecule has 2 amide bonds. The number of nitrogens with zero attached hydrogens (tertiary/aromatic N) is 1. The van der Waals surface area contributed by atoms with Crippen LogP contribution >= 0.6 is 0 Å². The van der Waals surface area contributed by atoms with Crippen LogP contribution in [0.5, 0.6) is 0 Å². The number of benzene rings is 2. The molecule has 0 saturated carbocycles. The smallest absolute Gasteiger partial charge is 0.338 e. The molecule has 3 aromatic rings. The van der Waals surface area contributed by atoms with Crippen molar-refractivity contribution < 1.29 is 28.7 Å². The zero-order valence-corrected chi connectivity index (χ0v) is 16.8. The number of pyridine rings is 1. The molecule has 0 aliphatic rings. The van der Waals surface area contributed by atoms with Gasteiger partial charge in [-0.3, -0.25) is 9.59 Å². The normalized spacial score (nSPS) is 10.0. The third kappa shape index (κ3) is 6.77. The first-order chi connectivity index (χ1) is 15.5. The molecule has 2 N–H and O–H groups in total. The number of hydrogen-bond acceptors (Lipinski definition) is 7. The minimum Gasteiger partial charge on any atom is -0.452 e. The molecule has 0 spiro atoms. The lowest BCUT2D eigenvalue weighted by Gasteiger charge is -2.09. The third-order valence-electron chi connectivity index (χ3n) is 3.97. The zero-order chi connectivity index (χ0) is 22.8. The number of aromatic nitrogens is 1. The van der Waals surface area contributed by atoms with Gasteiger partial charge in [0.1, 0.15) is 11.6 Å². The summed E-state index contributed by atoms with van der Waals surface area (Å²) in [6, 6.07) is 21.1. The Morgan fingerprint density at radius 2 is 1.00 bits per heavy atom. The lowest BCUT2D eigenvalue weighted by molar-refractivity contribution is -0.119. The fraction of sp³-hybridized carbons (Fsp3) is 0.0870. The highest BCUT2D eigenvalue weighted by Gasteiger charge is 2.12. The second-order valence-corrected chi connectivity index (χ2v) is 6.39. The van der Waals surface area contributed by atoms with Gasteiger partial charge in [0.15, 0.2) is 13.2 Å². The van der Waals surface area contributed by atoms with Gasteiger partial charge in [-0.15, -0.1) is 0 Å². The van der Waals surface area contributed by atoms with Crippen LogP contribution < -0.4 is 10.6 Å². The summed E-state index contributed by atoms with van der Waals surface area (Å²) in [4.78, 5) is 51.9. The van der Waals surface area contributed by atoms with E-state index in [9.17, 15) is 19.2 Å². The Kier molecular flexibility index (Phi) is 7.63. The van der Waals surface area contributed by atoms with Gasteiger partial charge >= 0.3 is 11.9 Å². The van der Waals surface area contributed by atoms with Crippen LogP contribution in [-0.4, -0.2) is 42.0 Å². The molecule has 9 nitrogen and oxygen atoms in total. The molecule has 0 aliphatic carbocycles. The molecular formula is C23H19N3O6. The van der Waals surface area contributed by atoms with Gasteiger partial charge in [-0.05, 0) is 36.4 Å². The molecule has 1 heterocycles. The fourth-order valence-electron chi connectivity index (χ4n) is 2.51. The zero-order valence-electron chi connectivity index (χ0n) is 16.8. The predicted octanol–water partition coefficient (Wildman–Crippen LogP) is 2.67. The van der Waals surface area contributed by atoms with Crippen LogP contribution in [0.2, 0.25) is 0 Å². The van der Waals surface area contributed by atoms with E-state index in [4.69, 9.17) is 9.47 Å². The Morgan fingerprint density at radius 3 is 1.41 bits per heavy atom. The maximum atomic E-state index is 12.0. The number of anilines is 2. The van der Waals surface area contributed by atoms with Crippen molar-refractivity contribution in [3.05, 3.63) is 90.0 Å². The number of hydrogen-bond donors (Lipinski definition) is 2. The van der Waals surface area contributed by atoms with Crippen LogP contribution in [0.3, 0.4) is 0 Å². The van der Waals surface area contributed by atoms with E-state index in [0.29, 0.717) is 11.1 Å². The summed E-state index contributed by atoms with van der Waals surface area (Å²) in [5.41, 5.74) is 0.659. The number of carbonyl (C=O) groups excluding carboxylic acids is 4. The van der Waals surface area contributed by atoms with Crippen LogP contribution in [0, 0.1) is 0 Å². The SMILES string of the molecule is O=C(COC(=O)c1ccccc1)Nc1cccc(NC(=O)COC(=O)c2ccccc2)n1. The van der Waals surface area contributed by atoms with Crippen molar-refractivity contribution in [1.29, 1.82) is 0 Å². The van der Waals surface area contributed by atoms with Gasteiger partial charge in [0.25, 0.3) is 11.8 Å². The average molecular weight is 433 g/mol. The van der Waals surface area contributed by atoms with Crippen molar-refractivity contribution >= 4 is 35.4 Å². The van der Waals surface area contributed by atoms with Crippen LogP contribution in [0.4, 0.5) is 11.6 Å². The Bertz CT molecular complexity index is 1020. The standard InChI is InChI=1S/C23H19N3O6/c27-20(14-31-22(29)16-8-3-1-4-9-16)25-18-12-7-13-19(24-18)26-21(28)15-32-23(30)17-10-5-2-6-11-17/h1-13H,14-15H2,(H2,24,25,26,27,28). The number of amides is 2. The van der Waals surface area contributed by atoms with Crippen molar-refractivity contribution in [2.45, 2.75) is 0 Å². The second-order valence-electron chi connectivity index (χ2n) is 6.39. The fourth-order valence-corrected chi connectivity index (χ4v) is 2.51. The largest absolute Gasteiger partial charge is 0.452 e. The highest BCUT2D eigenvalue weighted by atomic mass is 16.5. The summed E-state index contributed by atoms with van der Waals surface area (Å²) in [6.45, 7) is -0.997. The van der Waals surface area contributed by atoms with E-state index in [-0.39, 0.29) is 11.6 Å². The minimum atomic E-state index is -0.625. The van der Waals surface area contributed by atoms with Crippen LogP contribution in [0.1, 0.15) is 20.7 Å². The first-order valence-electron chi connectivity index (χ1n) is 9.52. The number of esters is 2. The van der Waals surface area contributed by atoms with Crippen molar-refractivity contribution in [2.24, 2.45) is 0 Å². The quantitative estimate of drug-likeness (QED) is 0.524. The van der Waals surface area contributed by atoms with E-state index in [0.717, 1.165) is 0 Å². The maximum absolute atomic E-state index is 12.0. The third-order valence-corrected chi connectivity index (χ3v) is 3.97. The summed E-state index contributed by atoms with van der Waals surface area (Å²) in [5, 5.41) is 4.94. The monoisotopic (exact) mass is 433 g/mol. The van der Waals surface area contributed by atoms with E-state index >= 15 is 0 Å². The molecule has 2 aromatic carbocycles. The van der Waals surface area contributed by atoms with E-state index < -0.39 is 37.0 Å². The van der Waals surface area contributed by atoms with Crippen molar-refractivity contribution in [1.82, 2.24) is 4.98 Å². The molecule has 0 radical (unpaired) electrons. The van der Waals surface area contributed by atoms with Gasteiger partial charge in [0.2, 0.25) is 0 Å². The molecule has 0 bridgehead atoms. The molecule has 9 heteroatoms. The van der Waals surface area contributed by atoms with Crippen molar-refractivity contribution in [3.8, 4) is 0 Å². The molecule has 0 fully saturated rings. The summed E-state index contributed by atoms with van der Waals surface area (Å²) >= 11 is 0. The lowest BCUT2D eigenvalue weighted by Crippen LogP contribution is -2.23. The van der Waals surface area contributed by atoms with Gasteiger partial charge in [0.05, 0.1) is 11.1 Å². The molecule has 162 valence electrons. The van der Waals surface area contributed by atoms with E-state index in [2.05, 4.69) is 15.6 Å². The van der Waals surface area contributed by atoms with Crippen LogP contribution in [0.25, 0.3) is 0 Å². The average Bonchev–Trinajstić information content (AvgIpc) is 2.82. The molecular weight excluding hydrogens is 414 g/mol. The van der Waals surface area contributed by atoms with Gasteiger partial charge in [-0.2, -0.15) is 0 Å². The Morgan fingerprint density at radius 1 is 0.594 bits per heavy atom. The lowest BCUT2D eigenvalue weighted by atomic mass is 10.2. The van der Waals surface area contributed by atoms with Crippen LogP contribution in [-0.2, 0) is 19.1 Å². The maximum Gasteiger partial charge on any atom is 0.338 e. The minimum absolute atomic E-state index is 0.143. The topological polar surface area (TPSA) is 124 Å².